The fourth-order valence-corrected chi connectivity index (χ4v) is 2.24. The quantitative estimate of drug-likeness (QED) is 0.873. The van der Waals surface area contributed by atoms with Crippen LogP contribution >= 0.6 is 0 Å². The lowest BCUT2D eigenvalue weighted by atomic mass is 10.4. The number of sulfonamides is 1. The van der Waals surface area contributed by atoms with E-state index in [0.29, 0.717) is 5.89 Å². The van der Waals surface area contributed by atoms with Gasteiger partial charge in [-0.15, -0.1) is 10.2 Å². The Balaban J connectivity index is 2.09. The molecule has 0 saturated heterocycles. The lowest BCUT2D eigenvalue weighted by Gasteiger charge is -2.03. The van der Waals surface area contributed by atoms with Crippen LogP contribution in [0.2, 0.25) is 0 Å². The van der Waals surface area contributed by atoms with Crippen LogP contribution in [0.5, 0.6) is 0 Å². The largest absolute Gasteiger partial charge is 0.424 e. The van der Waals surface area contributed by atoms with E-state index < -0.39 is 10.0 Å². The first-order valence-electron chi connectivity index (χ1n) is 4.91. The number of aryl methyl sites for hydroxylation is 1. The van der Waals surface area contributed by atoms with E-state index in [2.05, 4.69) is 14.9 Å². The maximum atomic E-state index is 11.8. The van der Waals surface area contributed by atoms with Crippen LogP contribution in [0.25, 0.3) is 0 Å². The molecule has 0 unspecified atom stereocenters. The molecular weight excluding hydrogens is 242 g/mol. The smallest absolute Gasteiger partial charge is 0.241 e. The zero-order chi connectivity index (χ0) is 12.3. The molecule has 0 spiro atoms. The molecule has 1 aromatic carbocycles. The third kappa shape index (κ3) is 2.89. The third-order valence-corrected chi connectivity index (χ3v) is 3.45. The van der Waals surface area contributed by atoms with E-state index in [1.54, 1.807) is 25.1 Å². The number of hydrogen-bond acceptors (Lipinski definition) is 5. The summed E-state index contributed by atoms with van der Waals surface area (Å²) >= 11 is 0. The zero-order valence-electron chi connectivity index (χ0n) is 9.12. The van der Waals surface area contributed by atoms with E-state index in [4.69, 9.17) is 4.42 Å². The predicted octanol–water partition coefficient (Wildman–Crippen LogP) is 0.857. The molecule has 1 aromatic heterocycles. The van der Waals surface area contributed by atoms with Gasteiger partial charge in [-0.2, -0.15) is 0 Å². The first kappa shape index (κ1) is 11.7. The number of nitrogens with one attached hydrogen (secondary N) is 1. The molecule has 1 heterocycles. The van der Waals surface area contributed by atoms with Gasteiger partial charge in [0.1, 0.15) is 0 Å². The van der Waals surface area contributed by atoms with Crippen LogP contribution in [0, 0.1) is 6.92 Å². The molecule has 0 aliphatic carbocycles. The fourth-order valence-electron chi connectivity index (χ4n) is 1.25. The molecule has 6 nitrogen and oxygen atoms in total. The molecule has 0 radical (unpaired) electrons. The Labute approximate surface area is 98.7 Å². The summed E-state index contributed by atoms with van der Waals surface area (Å²) in [5.74, 6) is 0.640. The Morgan fingerprint density at radius 1 is 1.24 bits per heavy atom. The number of nitrogens with zero attached hydrogens (tertiary/aromatic N) is 2. The van der Waals surface area contributed by atoms with Gasteiger partial charge in [-0.1, -0.05) is 18.2 Å². The monoisotopic (exact) mass is 253 g/mol. The lowest BCUT2D eigenvalue weighted by Crippen LogP contribution is -2.23. The molecule has 1 N–H and O–H groups in total. The first-order valence-corrected chi connectivity index (χ1v) is 6.40. The maximum Gasteiger partial charge on any atom is 0.241 e. The van der Waals surface area contributed by atoms with Crippen molar-refractivity contribution in [3.8, 4) is 0 Å². The van der Waals surface area contributed by atoms with Gasteiger partial charge in [-0.25, -0.2) is 13.1 Å². The van der Waals surface area contributed by atoms with Gasteiger partial charge in [0.25, 0.3) is 0 Å². The number of benzene rings is 1. The topological polar surface area (TPSA) is 85.1 Å². The summed E-state index contributed by atoms with van der Waals surface area (Å²) in [4.78, 5) is 0.205. The van der Waals surface area contributed by atoms with Crippen molar-refractivity contribution in [3.05, 3.63) is 42.1 Å². The second kappa shape index (κ2) is 4.64. The van der Waals surface area contributed by atoms with Crippen LogP contribution in [-0.4, -0.2) is 18.6 Å². The normalized spacial score (nSPS) is 11.6. The Morgan fingerprint density at radius 2 is 1.94 bits per heavy atom. The van der Waals surface area contributed by atoms with Crippen LogP contribution in [-0.2, 0) is 16.6 Å². The van der Waals surface area contributed by atoms with Gasteiger partial charge in [0.15, 0.2) is 0 Å². The van der Waals surface area contributed by atoms with Gasteiger partial charge in [-0.3, -0.25) is 0 Å². The minimum absolute atomic E-state index is 0.0158. The van der Waals surface area contributed by atoms with Gasteiger partial charge in [-0.05, 0) is 12.1 Å². The van der Waals surface area contributed by atoms with E-state index in [9.17, 15) is 8.42 Å². The Bertz CT molecular complexity index is 592. The van der Waals surface area contributed by atoms with Crippen molar-refractivity contribution >= 4 is 10.0 Å². The molecule has 0 fully saturated rings. The van der Waals surface area contributed by atoms with Gasteiger partial charge >= 0.3 is 0 Å². The molecule has 0 aliphatic heterocycles. The second-order valence-electron chi connectivity index (χ2n) is 3.35. The average molecular weight is 253 g/mol. The van der Waals surface area contributed by atoms with Crippen LogP contribution in [0.3, 0.4) is 0 Å². The van der Waals surface area contributed by atoms with Crippen LogP contribution in [0.1, 0.15) is 11.8 Å². The van der Waals surface area contributed by atoms with Crippen molar-refractivity contribution in [1.82, 2.24) is 14.9 Å². The number of rotatable bonds is 4. The van der Waals surface area contributed by atoms with Gasteiger partial charge in [0, 0.05) is 6.92 Å². The average Bonchev–Trinajstić information content (AvgIpc) is 2.74. The highest BCUT2D eigenvalue weighted by molar-refractivity contribution is 7.89. The van der Waals surface area contributed by atoms with Crippen LogP contribution < -0.4 is 4.72 Å². The highest BCUT2D eigenvalue weighted by Crippen LogP contribution is 2.08. The minimum atomic E-state index is -3.53. The van der Waals surface area contributed by atoms with Crippen molar-refractivity contribution in [2.75, 3.05) is 0 Å². The van der Waals surface area contributed by atoms with Gasteiger partial charge in [0.2, 0.25) is 21.8 Å². The first-order chi connectivity index (χ1) is 8.08. The number of hydrogen-bond donors (Lipinski definition) is 1. The van der Waals surface area contributed by atoms with Crippen molar-refractivity contribution in [2.24, 2.45) is 0 Å². The van der Waals surface area contributed by atoms with Crippen LogP contribution in [0.15, 0.2) is 39.6 Å². The predicted molar refractivity (Wildman–Crippen MR) is 59.5 cm³/mol. The van der Waals surface area contributed by atoms with Crippen molar-refractivity contribution in [2.45, 2.75) is 18.4 Å². The molecule has 7 heteroatoms. The molecule has 0 bridgehead atoms. The SMILES string of the molecule is Cc1nnc(CNS(=O)(=O)c2ccccc2)o1. The molecule has 0 atom stereocenters. The molecule has 2 aromatic rings. The molecule has 0 saturated carbocycles. The molecule has 17 heavy (non-hydrogen) atoms. The van der Waals surface area contributed by atoms with Crippen LogP contribution in [0.4, 0.5) is 0 Å². The fraction of sp³-hybridized carbons (Fsp3) is 0.200. The molecule has 90 valence electrons. The van der Waals surface area contributed by atoms with E-state index >= 15 is 0 Å². The standard InChI is InChI=1S/C10H11N3O3S/c1-8-12-13-10(16-8)7-11-17(14,15)9-5-3-2-4-6-9/h2-6,11H,7H2,1H3. The van der Waals surface area contributed by atoms with E-state index in [1.807, 2.05) is 0 Å². The van der Waals surface area contributed by atoms with Gasteiger partial charge in [0.05, 0.1) is 11.4 Å². The van der Waals surface area contributed by atoms with Crippen molar-refractivity contribution < 1.29 is 12.8 Å². The Morgan fingerprint density at radius 3 is 2.53 bits per heavy atom. The summed E-state index contributed by atoms with van der Waals surface area (Å²) in [6, 6.07) is 8.10. The molecular formula is C10H11N3O3S. The van der Waals surface area contributed by atoms with E-state index in [1.165, 1.54) is 12.1 Å². The van der Waals surface area contributed by atoms with E-state index in [0.717, 1.165) is 0 Å². The summed E-state index contributed by atoms with van der Waals surface area (Å²) in [6.07, 6.45) is 0. The summed E-state index contributed by atoms with van der Waals surface area (Å²) < 4.78 is 31.1. The molecule has 0 amide bonds. The summed E-state index contributed by atoms with van der Waals surface area (Å²) in [5.41, 5.74) is 0. The summed E-state index contributed by atoms with van der Waals surface area (Å²) in [6.45, 7) is 1.63. The summed E-state index contributed by atoms with van der Waals surface area (Å²) in [5, 5.41) is 7.31. The van der Waals surface area contributed by atoms with Crippen molar-refractivity contribution in [3.63, 3.8) is 0 Å². The highest BCUT2D eigenvalue weighted by Gasteiger charge is 2.14. The van der Waals surface area contributed by atoms with E-state index in [-0.39, 0.29) is 17.3 Å². The molecule has 2 rings (SSSR count). The number of aromatic nitrogens is 2. The molecule has 0 aliphatic rings. The Kier molecular flexibility index (Phi) is 3.21. The zero-order valence-corrected chi connectivity index (χ0v) is 9.94. The summed E-state index contributed by atoms with van der Waals surface area (Å²) in [7, 11) is -3.53. The van der Waals surface area contributed by atoms with Crippen molar-refractivity contribution in [1.29, 1.82) is 0 Å². The highest BCUT2D eigenvalue weighted by atomic mass is 32.2. The minimum Gasteiger partial charge on any atom is -0.424 e. The second-order valence-corrected chi connectivity index (χ2v) is 5.12. The third-order valence-electron chi connectivity index (χ3n) is 2.03. The lowest BCUT2D eigenvalue weighted by molar-refractivity contribution is 0.460. The van der Waals surface area contributed by atoms with Gasteiger partial charge < -0.3 is 4.42 Å². The Hall–Kier alpha value is -1.73. The maximum absolute atomic E-state index is 11.8.